The molecule has 7 nitrogen and oxygen atoms in total. The van der Waals surface area contributed by atoms with Crippen LogP contribution in [0, 0.1) is 0 Å². The predicted molar refractivity (Wildman–Crippen MR) is 76.3 cm³/mol. The van der Waals surface area contributed by atoms with Crippen LogP contribution in [0.2, 0.25) is 0 Å². The van der Waals surface area contributed by atoms with Gasteiger partial charge in [-0.3, -0.25) is 14.2 Å². The number of aldehydes is 1. The Hall–Kier alpha value is -2.96. The Balaban J connectivity index is 2.83. The number of ether oxygens (including phenoxy) is 1. The van der Waals surface area contributed by atoms with E-state index in [4.69, 9.17) is 9.15 Å². The Bertz CT molecular complexity index is 877. The summed E-state index contributed by atoms with van der Waals surface area (Å²) in [6, 6.07) is 0. The number of carbonyl (C=O) groups excluding carboxylic acids is 1. The van der Waals surface area contributed by atoms with Gasteiger partial charge < -0.3 is 9.15 Å². The van der Waals surface area contributed by atoms with Gasteiger partial charge in [-0.1, -0.05) is 19.2 Å². The zero-order valence-electron chi connectivity index (χ0n) is 11.6. The van der Waals surface area contributed by atoms with Crippen LogP contribution in [0.5, 0.6) is 5.75 Å². The summed E-state index contributed by atoms with van der Waals surface area (Å²) < 4.78 is 11.5. The van der Waals surface area contributed by atoms with Crippen LogP contribution in [0.3, 0.4) is 0 Å². The maximum Gasteiger partial charge on any atom is 0.296 e. The Morgan fingerprint density at radius 2 is 2.10 bits per heavy atom. The van der Waals surface area contributed by atoms with Gasteiger partial charge in [0.25, 0.3) is 5.56 Å². The molecule has 2 heterocycles. The van der Waals surface area contributed by atoms with Crippen LogP contribution >= 0.6 is 0 Å². The lowest BCUT2D eigenvalue weighted by Crippen LogP contribution is -2.24. The minimum Gasteiger partial charge on any atom is -0.489 e. The van der Waals surface area contributed by atoms with Crippen molar-refractivity contribution in [2.24, 2.45) is 7.05 Å². The van der Waals surface area contributed by atoms with Crippen LogP contribution in [0.25, 0.3) is 24.2 Å². The van der Waals surface area contributed by atoms with E-state index >= 15 is 0 Å². The van der Waals surface area contributed by atoms with Gasteiger partial charge in [-0.05, 0) is 6.08 Å². The second-order valence-electron chi connectivity index (χ2n) is 4.06. The second kappa shape index (κ2) is 5.58. The number of rotatable bonds is 4. The van der Waals surface area contributed by atoms with Crippen LogP contribution in [0.15, 0.2) is 21.9 Å². The highest BCUT2D eigenvalue weighted by atomic mass is 16.5. The van der Waals surface area contributed by atoms with Crippen molar-refractivity contribution >= 4 is 18.9 Å². The first-order chi connectivity index (χ1) is 10.0. The van der Waals surface area contributed by atoms with Crippen molar-refractivity contribution < 1.29 is 13.9 Å². The fraction of sp³-hybridized carbons (Fsp3) is 0.143. The molecule has 0 aliphatic rings. The van der Waals surface area contributed by atoms with Crippen LogP contribution in [-0.2, 0) is 7.05 Å². The van der Waals surface area contributed by atoms with E-state index in [9.17, 15) is 9.59 Å². The van der Waals surface area contributed by atoms with Crippen molar-refractivity contribution in [2.45, 2.75) is 0 Å². The molecule has 0 saturated carbocycles. The molecule has 108 valence electrons. The van der Waals surface area contributed by atoms with Gasteiger partial charge in [0.05, 0.1) is 7.11 Å². The summed E-state index contributed by atoms with van der Waals surface area (Å²) in [6.07, 6.45) is 3.60. The molecule has 2 aromatic rings. The molecule has 0 aliphatic carbocycles. The molecule has 0 saturated heterocycles. The molecular formula is C14H13N3O4. The van der Waals surface area contributed by atoms with Crippen LogP contribution in [0.1, 0.15) is 10.6 Å². The number of hydrogen-bond donors (Lipinski definition) is 0. The average Bonchev–Trinajstić information content (AvgIpc) is 2.83. The van der Waals surface area contributed by atoms with E-state index in [0.29, 0.717) is 17.1 Å². The first-order valence-corrected chi connectivity index (χ1v) is 5.92. The summed E-state index contributed by atoms with van der Waals surface area (Å²) in [4.78, 5) is 31.3. The van der Waals surface area contributed by atoms with Crippen LogP contribution in [-0.4, -0.2) is 27.9 Å². The van der Waals surface area contributed by atoms with Gasteiger partial charge in [0, 0.05) is 7.05 Å². The summed E-state index contributed by atoms with van der Waals surface area (Å²) in [6.45, 7) is 7.25. The molecule has 21 heavy (non-hydrogen) atoms. The van der Waals surface area contributed by atoms with E-state index in [2.05, 4.69) is 23.1 Å². The molecule has 0 unspecified atom stereocenters. The number of aromatic nitrogens is 3. The minimum atomic E-state index is -0.511. The van der Waals surface area contributed by atoms with Gasteiger partial charge in [-0.2, -0.15) is 0 Å². The smallest absolute Gasteiger partial charge is 0.296 e. The quantitative estimate of drug-likeness (QED) is 0.713. The molecule has 0 bridgehead atoms. The second-order valence-corrected chi connectivity index (χ2v) is 4.06. The summed E-state index contributed by atoms with van der Waals surface area (Å²) in [5.41, 5.74) is -0.166. The third-order valence-corrected chi connectivity index (χ3v) is 2.80. The first kappa shape index (κ1) is 14.4. The molecule has 0 aromatic carbocycles. The van der Waals surface area contributed by atoms with Gasteiger partial charge in [0.1, 0.15) is 10.8 Å². The monoisotopic (exact) mass is 287 g/mol. The summed E-state index contributed by atoms with van der Waals surface area (Å²) >= 11 is 0. The summed E-state index contributed by atoms with van der Waals surface area (Å²) in [7, 11) is 2.75. The van der Waals surface area contributed by atoms with Crippen molar-refractivity contribution in [3.05, 3.63) is 39.6 Å². The fourth-order valence-corrected chi connectivity index (χ4v) is 1.74. The Morgan fingerprint density at radius 1 is 1.38 bits per heavy atom. The Morgan fingerprint density at radius 3 is 2.67 bits per heavy atom. The molecular weight excluding hydrogens is 274 g/mol. The van der Waals surface area contributed by atoms with Crippen molar-refractivity contribution in [1.29, 1.82) is 0 Å². The lowest BCUT2D eigenvalue weighted by atomic mass is 10.3. The zero-order chi connectivity index (χ0) is 15.6. The van der Waals surface area contributed by atoms with E-state index < -0.39 is 5.56 Å². The van der Waals surface area contributed by atoms with E-state index in [0.717, 1.165) is 4.57 Å². The summed E-state index contributed by atoms with van der Waals surface area (Å²) in [5.74, 6) is -0.0749. The highest BCUT2D eigenvalue weighted by Gasteiger charge is 2.20. The van der Waals surface area contributed by atoms with Gasteiger partial charge in [0.15, 0.2) is 17.8 Å². The van der Waals surface area contributed by atoms with E-state index in [1.165, 1.54) is 20.2 Å². The van der Waals surface area contributed by atoms with E-state index in [1.807, 2.05) is 0 Å². The predicted octanol–water partition coefficient (Wildman–Crippen LogP) is -0.367. The lowest BCUT2D eigenvalue weighted by molar-refractivity contribution is 0.111. The van der Waals surface area contributed by atoms with Crippen LogP contribution < -0.4 is 21.1 Å². The molecule has 7 heteroatoms. The van der Waals surface area contributed by atoms with Gasteiger partial charge in [-0.15, -0.1) is 0 Å². The number of nitrogens with zero attached hydrogens (tertiary/aromatic N) is 3. The molecule has 0 spiro atoms. The standard InChI is InChI=1S/C14H13N3O4/c1-5-6-9-8(2)21-13(15-9)11-12(20-4)14(19)17(3)10(7-18)16-11/h5-7H,1-2H2,3-4H3/b9-6+. The number of oxazole rings is 1. The molecule has 0 fully saturated rings. The Kier molecular flexibility index (Phi) is 3.84. The molecule has 2 aromatic heterocycles. The van der Waals surface area contributed by atoms with E-state index in [-0.39, 0.29) is 23.2 Å². The number of carbonyl (C=O) groups is 1. The SMILES string of the molecule is C=C/C=c1/nc(-c2nc(C=O)n(C)c(=O)c2OC)oc1=C. The zero-order valence-corrected chi connectivity index (χ0v) is 11.6. The molecule has 0 radical (unpaired) electrons. The van der Waals surface area contributed by atoms with Gasteiger partial charge in [-0.25, -0.2) is 9.97 Å². The van der Waals surface area contributed by atoms with Gasteiger partial charge in [0.2, 0.25) is 11.6 Å². The number of hydrogen-bond acceptors (Lipinski definition) is 6. The minimum absolute atomic E-state index is 0.0470. The highest BCUT2D eigenvalue weighted by molar-refractivity contribution is 5.71. The molecule has 0 atom stereocenters. The average molecular weight is 287 g/mol. The fourth-order valence-electron chi connectivity index (χ4n) is 1.74. The topological polar surface area (TPSA) is 87.2 Å². The number of methoxy groups -OCH3 is 1. The van der Waals surface area contributed by atoms with Crippen molar-refractivity contribution in [3.8, 4) is 17.3 Å². The maximum absolute atomic E-state index is 12.1. The van der Waals surface area contributed by atoms with E-state index in [1.54, 1.807) is 6.08 Å². The van der Waals surface area contributed by atoms with Crippen molar-refractivity contribution in [3.63, 3.8) is 0 Å². The third-order valence-electron chi connectivity index (χ3n) is 2.80. The molecule has 0 amide bonds. The highest BCUT2D eigenvalue weighted by Crippen LogP contribution is 2.21. The van der Waals surface area contributed by atoms with Gasteiger partial charge >= 0.3 is 0 Å². The van der Waals surface area contributed by atoms with Crippen LogP contribution in [0.4, 0.5) is 0 Å². The number of allylic oxidation sites excluding steroid dienone is 1. The maximum atomic E-state index is 12.1. The van der Waals surface area contributed by atoms with Crippen molar-refractivity contribution in [1.82, 2.24) is 14.5 Å². The first-order valence-electron chi connectivity index (χ1n) is 5.92. The molecule has 0 aliphatic heterocycles. The normalized spacial score (nSPS) is 11.4. The lowest BCUT2D eigenvalue weighted by Gasteiger charge is -2.07. The third kappa shape index (κ3) is 2.40. The van der Waals surface area contributed by atoms with Crippen molar-refractivity contribution in [2.75, 3.05) is 7.11 Å². The largest absolute Gasteiger partial charge is 0.489 e. The Labute approximate surface area is 119 Å². The summed E-state index contributed by atoms with van der Waals surface area (Å²) in [5, 5.41) is 0.456. The molecule has 2 rings (SSSR count). The molecule has 0 N–H and O–H groups in total.